The fourth-order valence-corrected chi connectivity index (χ4v) is 6.08. The van der Waals surface area contributed by atoms with Crippen molar-refractivity contribution in [1.29, 1.82) is 0 Å². The third-order valence-corrected chi connectivity index (χ3v) is 8.03. The number of carbonyl (C=O) groups is 2. The van der Waals surface area contributed by atoms with Gasteiger partial charge in [-0.3, -0.25) is 0 Å². The fraction of sp³-hybridized carbons (Fsp3) is 0.179. The predicted molar refractivity (Wildman–Crippen MR) is 178 cm³/mol. The highest BCUT2D eigenvalue weighted by atomic mass is 16.7. The monoisotopic (exact) mass is 613 g/mol. The zero-order valence-corrected chi connectivity index (χ0v) is 26.1. The Labute approximate surface area is 269 Å². The molecule has 6 rings (SSSR count). The van der Waals surface area contributed by atoms with Crippen molar-refractivity contribution in [3.63, 3.8) is 0 Å². The van der Waals surface area contributed by atoms with E-state index in [1.54, 1.807) is 19.9 Å². The average Bonchev–Trinajstić information content (AvgIpc) is 3.04. The van der Waals surface area contributed by atoms with Gasteiger partial charge in [0.1, 0.15) is 11.5 Å². The molecule has 0 saturated heterocycles. The van der Waals surface area contributed by atoms with Gasteiger partial charge in [0.25, 0.3) is 0 Å². The number of aryl methyl sites for hydroxylation is 1. The number of rotatable bonds is 11. The average molecular weight is 614 g/mol. The molecule has 3 atom stereocenters. The minimum Gasteiger partial charge on any atom is -0.455 e. The third-order valence-electron chi connectivity index (χ3n) is 8.03. The Morgan fingerprint density at radius 1 is 0.826 bits per heavy atom. The van der Waals surface area contributed by atoms with E-state index in [0.29, 0.717) is 11.5 Å². The van der Waals surface area contributed by atoms with Gasteiger partial charge in [0, 0.05) is 55.8 Å². The number of allylic oxidation sites excluding steroid dienone is 13. The number of hydrogen-bond donors (Lipinski definition) is 0. The van der Waals surface area contributed by atoms with Gasteiger partial charge in [-0.1, -0.05) is 73.4 Å². The maximum absolute atomic E-state index is 11.9. The van der Waals surface area contributed by atoms with E-state index in [-0.39, 0.29) is 5.92 Å². The maximum atomic E-state index is 11.9. The molecular weight excluding hydrogens is 578 g/mol. The van der Waals surface area contributed by atoms with Gasteiger partial charge < -0.3 is 23.8 Å². The van der Waals surface area contributed by atoms with Crippen LogP contribution in [-0.4, -0.2) is 24.5 Å². The number of hydrogen-bond acceptors (Lipinski definition) is 7. The second-order valence-corrected chi connectivity index (χ2v) is 11.3. The molecule has 0 heterocycles. The van der Waals surface area contributed by atoms with Gasteiger partial charge in [0.2, 0.25) is 12.6 Å². The topological polar surface area (TPSA) is 74.3 Å². The molecule has 46 heavy (non-hydrogen) atoms. The summed E-state index contributed by atoms with van der Waals surface area (Å²) in [6.45, 7) is 12.2. The number of carbonyl (C=O) groups excluding carboxylic acids is 2. The normalized spacial score (nSPS) is 18.5. The van der Waals surface area contributed by atoms with Crippen LogP contribution in [0.5, 0.6) is 11.5 Å². The lowest BCUT2D eigenvalue weighted by Gasteiger charge is -2.39. The smallest absolute Gasteiger partial charge is 0.333 e. The molecule has 0 aliphatic heterocycles. The van der Waals surface area contributed by atoms with Crippen LogP contribution in [0.2, 0.25) is 0 Å². The van der Waals surface area contributed by atoms with Gasteiger partial charge >= 0.3 is 11.9 Å². The molecule has 0 aromatic heterocycles. The summed E-state index contributed by atoms with van der Waals surface area (Å²) in [6.07, 6.45) is 18.9. The van der Waals surface area contributed by atoms with E-state index < -0.39 is 24.5 Å². The van der Waals surface area contributed by atoms with Crippen LogP contribution >= 0.6 is 0 Å². The summed E-state index contributed by atoms with van der Waals surface area (Å²) in [5.41, 5.74) is 10.1. The fourth-order valence-electron chi connectivity index (χ4n) is 6.08. The van der Waals surface area contributed by atoms with Gasteiger partial charge in [-0.2, -0.15) is 0 Å². The Morgan fingerprint density at radius 3 is 2.11 bits per heavy atom. The number of esters is 2. The molecule has 0 spiro atoms. The number of ether oxygens (including phenoxy) is 4. The van der Waals surface area contributed by atoms with Crippen LogP contribution < -0.4 is 14.4 Å². The van der Waals surface area contributed by atoms with Crippen LogP contribution in [0.4, 0.5) is 11.4 Å². The molecule has 7 heteroatoms. The number of anilines is 2. The maximum Gasteiger partial charge on any atom is 0.333 e. The molecule has 0 fully saturated rings. The second-order valence-electron chi connectivity index (χ2n) is 11.3. The Morgan fingerprint density at radius 2 is 1.48 bits per heavy atom. The predicted octanol–water partition coefficient (Wildman–Crippen LogP) is 8.17. The Bertz CT molecular complexity index is 1780. The van der Waals surface area contributed by atoms with Crippen LogP contribution in [0.25, 0.3) is 0 Å². The molecule has 7 nitrogen and oxygen atoms in total. The first kappa shape index (κ1) is 30.5. The van der Waals surface area contributed by atoms with Gasteiger partial charge in [0.05, 0.1) is 11.4 Å². The molecule has 0 amide bonds. The van der Waals surface area contributed by atoms with Crippen LogP contribution in [-0.2, 0) is 19.1 Å². The quantitative estimate of drug-likeness (QED) is 0.144. The van der Waals surface area contributed by atoms with Gasteiger partial charge in [0.15, 0.2) is 0 Å². The summed E-state index contributed by atoms with van der Waals surface area (Å²) < 4.78 is 22.7. The number of benzene rings is 2. The standard InChI is InChI=1S/C39H35NO6/c1-6-36(41)45-25(4)43-32-21-31(22-33(23-32)44-26(5)46-37(42)7-2)40(30-17-11-24(3)12-18-30)35-20-16-29-14-13-27-9-8-10-28-15-19-34(35)39(29)38(27)28/h6-8,10-23,25-26,39H,1-2,9H2,3-5H3. The second kappa shape index (κ2) is 12.8. The highest BCUT2D eigenvalue weighted by molar-refractivity contribution is 5.82. The van der Waals surface area contributed by atoms with Crippen molar-refractivity contribution < 1.29 is 28.5 Å². The van der Waals surface area contributed by atoms with E-state index in [0.717, 1.165) is 41.2 Å². The highest BCUT2D eigenvalue weighted by Crippen LogP contribution is 2.50. The van der Waals surface area contributed by atoms with Crippen LogP contribution in [0.1, 0.15) is 25.8 Å². The van der Waals surface area contributed by atoms with Gasteiger partial charge in [-0.15, -0.1) is 0 Å². The van der Waals surface area contributed by atoms with Crippen molar-refractivity contribution >= 4 is 23.3 Å². The van der Waals surface area contributed by atoms with E-state index in [9.17, 15) is 9.59 Å². The van der Waals surface area contributed by atoms with Crippen molar-refractivity contribution in [3.05, 3.63) is 156 Å². The molecule has 2 aromatic carbocycles. The number of nitrogens with zero attached hydrogens (tertiary/aromatic N) is 1. The molecule has 232 valence electrons. The minimum atomic E-state index is -0.916. The van der Waals surface area contributed by atoms with E-state index in [4.69, 9.17) is 18.9 Å². The summed E-state index contributed by atoms with van der Waals surface area (Å²) in [5.74, 6) is -0.348. The van der Waals surface area contributed by atoms with Crippen molar-refractivity contribution in [1.82, 2.24) is 0 Å². The summed E-state index contributed by atoms with van der Waals surface area (Å²) in [6, 6.07) is 13.7. The molecule has 2 aromatic rings. The minimum absolute atomic E-state index is 0.102. The first-order chi connectivity index (χ1) is 22.2. The van der Waals surface area contributed by atoms with Gasteiger partial charge in [-0.05, 0) is 59.4 Å². The lowest BCUT2D eigenvalue weighted by Crippen LogP contribution is -2.27. The Balaban J connectivity index is 1.48. The van der Waals surface area contributed by atoms with E-state index in [2.05, 4.69) is 97.9 Å². The first-order valence-corrected chi connectivity index (χ1v) is 15.2. The lowest BCUT2D eigenvalue weighted by atomic mass is 9.68. The lowest BCUT2D eigenvalue weighted by molar-refractivity contribution is -0.155. The first-order valence-electron chi connectivity index (χ1n) is 15.2. The van der Waals surface area contributed by atoms with Crippen molar-refractivity contribution in [2.45, 2.75) is 39.8 Å². The third kappa shape index (κ3) is 6.17. The summed E-state index contributed by atoms with van der Waals surface area (Å²) in [5, 5.41) is 0. The van der Waals surface area contributed by atoms with Crippen molar-refractivity contribution in [3.8, 4) is 11.5 Å². The summed E-state index contributed by atoms with van der Waals surface area (Å²) >= 11 is 0. The zero-order valence-electron chi connectivity index (χ0n) is 26.1. The molecular formula is C39H35NO6. The summed E-state index contributed by atoms with van der Waals surface area (Å²) in [7, 11) is 0. The molecule has 0 radical (unpaired) electrons. The summed E-state index contributed by atoms with van der Waals surface area (Å²) in [4.78, 5) is 25.9. The molecule has 0 N–H and O–H groups in total. The SMILES string of the molecule is C=CC(=O)OC(C)Oc1cc(OC(C)OC(=O)C=C)cc(N(C2=C3C=CC4=C5C(=CC=C(C=C2)C35)CC=C4)c2ccc(C)cc2)c1. The van der Waals surface area contributed by atoms with Crippen molar-refractivity contribution in [2.24, 2.45) is 5.92 Å². The Kier molecular flexibility index (Phi) is 8.49. The highest BCUT2D eigenvalue weighted by Gasteiger charge is 2.35. The van der Waals surface area contributed by atoms with Crippen LogP contribution in [0, 0.1) is 12.8 Å². The van der Waals surface area contributed by atoms with Crippen LogP contribution in [0.3, 0.4) is 0 Å². The zero-order chi connectivity index (χ0) is 32.4. The Hall–Kier alpha value is -5.56. The van der Waals surface area contributed by atoms with E-state index in [1.807, 2.05) is 12.1 Å². The molecule has 4 aliphatic carbocycles. The molecule has 3 unspecified atom stereocenters. The largest absolute Gasteiger partial charge is 0.455 e. The van der Waals surface area contributed by atoms with E-state index in [1.165, 1.54) is 27.9 Å². The van der Waals surface area contributed by atoms with E-state index >= 15 is 0 Å². The molecule has 0 saturated carbocycles. The molecule has 0 bridgehead atoms. The molecule has 4 aliphatic rings. The van der Waals surface area contributed by atoms with Crippen molar-refractivity contribution in [2.75, 3.05) is 4.90 Å². The van der Waals surface area contributed by atoms with Gasteiger partial charge in [-0.25, -0.2) is 9.59 Å². The van der Waals surface area contributed by atoms with Crippen LogP contribution in [0.15, 0.2) is 150 Å².